The van der Waals surface area contributed by atoms with Crippen LogP contribution in [0.3, 0.4) is 0 Å². The summed E-state index contributed by atoms with van der Waals surface area (Å²) in [4.78, 5) is 12.9. The van der Waals surface area contributed by atoms with Crippen LogP contribution in [-0.4, -0.2) is 24.4 Å². The molecule has 1 heterocycles. The molecule has 2 rings (SSSR count). The second-order valence-corrected chi connectivity index (χ2v) is 4.66. The van der Waals surface area contributed by atoms with Gasteiger partial charge in [-0.1, -0.05) is 0 Å². The Morgan fingerprint density at radius 2 is 2.11 bits per heavy atom. The van der Waals surface area contributed by atoms with Gasteiger partial charge in [-0.3, -0.25) is 4.79 Å². The van der Waals surface area contributed by atoms with Gasteiger partial charge in [-0.15, -0.1) is 0 Å². The second-order valence-electron chi connectivity index (χ2n) is 4.66. The zero-order valence-electron chi connectivity index (χ0n) is 10.7. The molecule has 0 saturated heterocycles. The van der Waals surface area contributed by atoms with Crippen LogP contribution >= 0.6 is 0 Å². The number of carbonyl (C=O) groups excluding carboxylic acids is 1. The van der Waals surface area contributed by atoms with E-state index in [1.54, 1.807) is 7.05 Å². The molecular formula is C13H15F3N2O. The number of rotatable bonds is 1. The van der Waals surface area contributed by atoms with E-state index < -0.39 is 11.7 Å². The lowest BCUT2D eigenvalue weighted by Gasteiger charge is -2.33. The molecule has 0 fully saturated rings. The van der Waals surface area contributed by atoms with Crippen molar-refractivity contribution in [3.8, 4) is 0 Å². The van der Waals surface area contributed by atoms with E-state index in [1.807, 2.05) is 0 Å². The first kappa shape index (κ1) is 13.7. The normalized spacial score (nSPS) is 18.5. The number of benzene rings is 1. The molecule has 1 atom stereocenters. The van der Waals surface area contributed by atoms with Gasteiger partial charge in [0.25, 0.3) is 0 Å². The summed E-state index contributed by atoms with van der Waals surface area (Å²) in [6.45, 7) is 2.05. The van der Waals surface area contributed by atoms with Gasteiger partial charge in [0.05, 0.1) is 11.6 Å². The first-order valence-electron chi connectivity index (χ1n) is 5.99. The highest BCUT2D eigenvalue weighted by molar-refractivity contribution is 5.74. The smallest absolute Gasteiger partial charge is 0.385 e. The van der Waals surface area contributed by atoms with Crippen molar-refractivity contribution in [1.82, 2.24) is 4.90 Å². The predicted molar refractivity (Wildman–Crippen MR) is 65.7 cm³/mol. The lowest BCUT2D eigenvalue weighted by molar-refractivity contribution is -0.137. The van der Waals surface area contributed by atoms with Crippen molar-refractivity contribution in [3.63, 3.8) is 0 Å². The van der Waals surface area contributed by atoms with Crippen molar-refractivity contribution in [2.45, 2.75) is 25.6 Å². The monoisotopic (exact) mass is 272 g/mol. The van der Waals surface area contributed by atoms with Crippen molar-refractivity contribution in [2.75, 3.05) is 18.9 Å². The van der Waals surface area contributed by atoms with Gasteiger partial charge in [-0.2, -0.15) is 13.2 Å². The summed E-state index contributed by atoms with van der Waals surface area (Å²) in [5, 5.41) is 3.06. The van der Waals surface area contributed by atoms with Crippen LogP contribution in [0.5, 0.6) is 0 Å². The predicted octanol–water partition coefficient (Wildman–Crippen LogP) is 3.04. The van der Waals surface area contributed by atoms with Crippen LogP contribution in [0.25, 0.3) is 0 Å². The highest BCUT2D eigenvalue weighted by Crippen LogP contribution is 2.38. The van der Waals surface area contributed by atoms with Crippen LogP contribution < -0.4 is 5.32 Å². The molecule has 1 N–H and O–H groups in total. The maximum Gasteiger partial charge on any atom is 0.416 e. The molecule has 1 amide bonds. The minimum absolute atomic E-state index is 0.157. The minimum Gasteiger partial charge on any atom is -0.385 e. The van der Waals surface area contributed by atoms with Crippen molar-refractivity contribution in [1.29, 1.82) is 0 Å². The van der Waals surface area contributed by atoms with Crippen molar-refractivity contribution < 1.29 is 18.0 Å². The summed E-state index contributed by atoms with van der Waals surface area (Å²) >= 11 is 0. The number of hydrogen-bond donors (Lipinski definition) is 1. The molecule has 0 unspecified atom stereocenters. The minimum atomic E-state index is -4.37. The van der Waals surface area contributed by atoms with E-state index in [0.717, 1.165) is 12.1 Å². The van der Waals surface area contributed by atoms with Crippen LogP contribution in [0.15, 0.2) is 18.2 Å². The average molecular weight is 272 g/mol. The number of nitrogens with zero attached hydrogens (tertiary/aromatic N) is 1. The van der Waals surface area contributed by atoms with E-state index in [4.69, 9.17) is 0 Å². The SMILES string of the molecule is CC(=O)N(C)[C@H]1CCNc2ccc(C(F)(F)F)cc21. The first-order chi connectivity index (χ1) is 8.80. The first-order valence-corrected chi connectivity index (χ1v) is 5.99. The largest absolute Gasteiger partial charge is 0.416 e. The summed E-state index contributed by atoms with van der Waals surface area (Å²) in [6, 6.07) is 3.31. The van der Waals surface area contributed by atoms with Gasteiger partial charge in [0.1, 0.15) is 0 Å². The molecule has 0 aliphatic carbocycles. The molecule has 1 aromatic rings. The van der Waals surface area contributed by atoms with Gasteiger partial charge < -0.3 is 10.2 Å². The Bertz CT molecular complexity index is 499. The Morgan fingerprint density at radius 3 is 2.68 bits per heavy atom. The van der Waals surface area contributed by atoms with Gasteiger partial charge in [0.2, 0.25) is 5.91 Å². The molecule has 1 aromatic carbocycles. The maximum atomic E-state index is 12.7. The van der Waals surface area contributed by atoms with Gasteiger partial charge >= 0.3 is 6.18 Å². The average Bonchev–Trinajstić information content (AvgIpc) is 2.35. The zero-order chi connectivity index (χ0) is 14.2. The van der Waals surface area contributed by atoms with Crippen molar-refractivity contribution >= 4 is 11.6 Å². The molecule has 104 valence electrons. The molecule has 0 bridgehead atoms. The Labute approximate surface area is 109 Å². The van der Waals surface area contributed by atoms with Crippen LogP contribution in [0.1, 0.15) is 30.5 Å². The number of carbonyl (C=O) groups is 1. The number of alkyl halides is 3. The van der Waals surface area contributed by atoms with E-state index in [2.05, 4.69) is 5.32 Å². The highest BCUT2D eigenvalue weighted by Gasteiger charge is 2.33. The quantitative estimate of drug-likeness (QED) is 0.852. The zero-order valence-corrected chi connectivity index (χ0v) is 10.7. The van der Waals surface area contributed by atoms with E-state index in [-0.39, 0.29) is 11.9 Å². The molecule has 19 heavy (non-hydrogen) atoms. The van der Waals surface area contributed by atoms with Gasteiger partial charge in [0, 0.05) is 26.2 Å². The van der Waals surface area contributed by atoms with E-state index in [9.17, 15) is 18.0 Å². The third-order valence-electron chi connectivity index (χ3n) is 3.44. The van der Waals surface area contributed by atoms with Crippen LogP contribution in [0.4, 0.5) is 18.9 Å². The number of hydrogen-bond acceptors (Lipinski definition) is 2. The summed E-state index contributed by atoms with van der Waals surface area (Å²) in [6.07, 6.45) is -3.77. The Morgan fingerprint density at radius 1 is 1.42 bits per heavy atom. The Hall–Kier alpha value is -1.72. The summed E-state index contributed by atoms with van der Waals surface area (Å²) in [5.41, 5.74) is 0.507. The molecule has 1 aliphatic rings. The molecular weight excluding hydrogens is 257 g/mol. The Kier molecular flexibility index (Phi) is 3.43. The standard InChI is InChI=1S/C13H15F3N2O/c1-8(19)18(2)12-5-6-17-11-4-3-9(7-10(11)12)13(14,15)16/h3-4,7,12,17H,5-6H2,1-2H3/t12-/m0/s1. The third kappa shape index (κ3) is 2.67. The maximum absolute atomic E-state index is 12.7. The molecule has 0 saturated carbocycles. The summed E-state index contributed by atoms with van der Waals surface area (Å²) < 4.78 is 38.2. The lowest BCUT2D eigenvalue weighted by atomic mass is 9.94. The molecule has 6 heteroatoms. The van der Waals surface area contributed by atoms with Crippen LogP contribution in [0, 0.1) is 0 Å². The van der Waals surface area contributed by atoms with E-state index >= 15 is 0 Å². The topological polar surface area (TPSA) is 32.3 Å². The highest BCUT2D eigenvalue weighted by atomic mass is 19.4. The molecule has 0 spiro atoms. The van der Waals surface area contributed by atoms with Crippen molar-refractivity contribution in [3.05, 3.63) is 29.3 Å². The number of nitrogens with one attached hydrogen (secondary N) is 1. The van der Waals surface area contributed by atoms with Crippen molar-refractivity contribution in [2.24, 2.45) is 0 Å². The molecule has 0 radical (unpaired) electrons. The van der Waals surface area contributed by atoms with Gasteiger partial charge in [0.15, 0.2) is 0 Å². The Balaban J connectivity index is 2.44. The number of amides is 1. The number of anilines is 1. The fourth-order valence-electron chi connectivity index (χ4n) is 2.30. The lowest BCUT2D eigenvalue weighted by Crippen LogP contribution is -2.33. The van der Waals surface area contributed by atoms with Crippen LogP contribution in [0.2, 0.25) is 0 Å². The summed E-state index contributed by atoms with van der Waals surface area (Å²) in [7, 11) is 1.61. The summed E-state index contributed by atoms with van der Waals surface area (Å²) in [5.74, 6) is -0.157. The molecule has 1 aliphatic heterocycles. The van der Waals surface area contributed by atoms with E-state index in [1.165, 1.54) is 17.9 Å². The second kappa shape index (κ2) is 4.75. The number of halogens is 3. The van der Waals surface area contributed by atoms with E-state index in [0.29, 0.717) is 24.2 Å². The molecule has 0 aromatic heterocycles. The van der Waals surface area contributed by atoms with Gasteiger partial charge in [-0.25, -0.2) is 0 Å². The fourth-order valence-corrected chi connectivity index (χ4v) is 2.30. The molecule has 3 nitrogen and oxygen atoms in total. The van der Waals surface area contributed by atoms with Crippen LogP contribution in [-0.2, 0) is 11.0 Å². The van der Waals surface area contributed by atoms with Gasteiger partial charge in [-0.05, 0) is 30.2 Å². The fraction of sp³-hybridized carbons (Fsp3) is 0.462. The third-order valence-corrected chi connectivity index (χ3v) is 3.44. The number of fused-ring (bicyclic) bond motifs is 1.